The number of nitrogens with zero attached hydrogens (tertiary/aromatic N) is 2. The summed E-state index contributed by atoms with van der Waals surface area (Å²) in [5, 5.41) is 3.23. The predicted molar refractivity (Wildman–Crippen MR) is 76.5 cm³/mol. The monoisotopic (exact) mass is 268 g/mol. The van der Waals surface area contributed by atoms with E-state index in [-0.39, 0.29) is 0 Å². The van der Waals surface area contributed by atoms with E-state index in [4.69, 9.17) is 15.2 Å². The molecule has 108 valence electrons. The molecule has 0 unspecified atom stereocenters. The second-order valence-corrected chi connectivity index (χ2v) is 4.68. The smallest absolute Gasteiger partial charge is 0.242 e. The minimum atomic E-state index is 0.421. The van der Waals surface area contributed by atoms with Crippen LogP contribution in [0.25, 0.3) is 0 Å². The van der Waals surface area contributed by atoms with Crippen molar-refractivity contribution in [3.05, 3.63) is 5.82 Å². The summed E-state index contributed by atoms with van der Waals surface area (Å²) in [5.74, 6) is 2.30. The fourth-order valence-corrected chi connectivity index (χ4v) is 1.42. The second-order valence-electron chi connectivity index (χ2n) is 4.68. The molecule has 0 spiro atoms. The summed E-state index contributed by atoms with van der Waals surface area (Å²) in [6.07, 6.45) is 0.733. The third-order valence-electron chi connectivity index (χ3n) is 2.48. The number of methoxy groups -OCH3 is 1. The highest BCUT2D eigenvalue weighted by atomic mass is 16.5. The molecule has 6 heteroatoms. The van der Waals surface area contributed by atoms with Crippen molar-refractivity contribution in [1.29, 1.82) is 0 Å². The number of aryl methyl sites for hydroxylation is 1. The third kappa shape index (κ3) is 4.90. The molecule has 0 radical (unpaired) electrons. The number of nitrogen functional groups attached to an aromatic ring is 1. The summed E-state index contributed by atoms with van der Waals surface area (Å²) in [6, 6.07) is 0. The molecule has 3 N–H and O–H groups in total. The maximum absolute atomic E-state index is 6.02. The van der Waals surface area contributed by atoms with Gasteiger partial charge in [0.15, 0.2) is 5.82 Å². The van der Waals surface area contributed by atoms with Gasteiger partial charge in [0, 0.05) is 20.1 Å². The highest BCUT2D eigenvalue weighted by molar-refractivity contribution is 5.66. The number of nitrogens with one attached hydrogen (secondary N) is 1. The Labute approximate surface area is 114 Å². The molecule has 0 aliphatic heterocycles. The standard InChI is InChI=1S/C13H24N4O2/c1-5-10-16-12(15-8-9(2)3)11(14)13(17-10)19-7-6-18-4/h9H,5-8,14H2,1-4H3,(H,15,16,17). The number of anilines is 2. The first-order chi connectivity index (χ1) is 9.08. The Morgan fingerprint density at radius 2 is 2.00 bits per heavy atom. The van der Waals surface area contributed by atoms with Gasteiger partial charge in [0.2, 0.25) is 5.88 Å². The van der Waals surface area contributed by atoms with Crippen LogP contribution in [0.2, 0.25) is 0 Å². The number of ether oxygens (including phenoxy) is 2. The van der Waals surface area contributed by atoms with Gasteiger partial charge in [-0.05, 0) is 5.92 Å². The van der Waals surface area contributed by atoms with E-state index in [2.05, 4.69) is 29.1 Å². The van der Waals surface area contributed by atoms with Gasteiger partial charge in [-0.1, -0.05) is 20.8 Å². The van der Waals surface area contributed by atoms with Crippen LogP contribution < -0.4 is 15.8 Å². The SMILES string of the molecule is CCc1nc(NCC(C)C)c(N)c(OCCOC)n1. The Morgan fingerprint density at radius 3 is 2.58 bits per heavy atom. The lowest BCUT2D eigenvalue weighted by Gasteiger charge is -2.14. The summed E-state index contributed by atoms with van der Waals surface area (Å²) >= 11 is 0. The Kier molecular flexibility index (Phi) is 6.35. The van der Waals surface area contributed by atoms with E-state index in [0.717, 1.165) is 13.0 Å². The molecular formula is C13H24N4O2. The summed E-state index contributed by atoms with van der Waals surface area (Å²) in [7, 11) is 1.62. The van der Waals surface area contributed by atoms with Crippen molar-refractivity contribution in [2.45, 2.75) is 27.2 Å². The fourth-order valence-electron chi connectivity index (χ4n) is 1.42. The number of nitrogens with two attached hydrogens (primary N) is 1. The van der Waals surface area contributed by atoms with Crippen molar-refractivity contribution in [1.82, 2.24) is 9.97 Å². The summed E-state index contributed by atoms with van der Waals surface area (Å²) in [5.41, 5.74) is 6.47. The largest absolute Gasteiger partial charge is 0.474 e. The Balaban J connectivity index is 2.86. The molecule has 1 aromatic rings. The minimum absolute atomic E-state index is 0.421. The molecule has 0 amide bonds. The molecule has 1 heterocycles. The van der Waals surface area contributed by atoms with Gasteiger partial charge in [-0.2, -0.15) is 4.98 Å². The van der Waals surface area contributed by atoms with Crippen LogP contribution in [0, 0.1) is 5.92 Å². The van der Waals surface area contributed by atoms with E-state index in [0.29, 0.717) is 42.3 Å². The summed E-state index contributed by atoms with van der Waals surface area (Å²) in [4.78, 5) is 8.69. The van der Waals surface area contributed by atoms with Crippen molar-refractivity contribution in [2.24, 2.45) is 5.92 Å². The number of rotatable bonds is 8. The summed E-state index contributed by atoms with van der Waals surface area (Å²) < 4.78 is 10.5. The van der Waals surface area contributed by atoms with Crippen molar-refractivity contribution in [3.63, 3.8) is 0 Å². The molecule has 0 atom stereocenters. The van der Waals surface area contributed by atoms with Crippen LogP contribution >= 0.6 is 0 Å². The zero-order valence-corrected chi connectivity index (χ0v) is 12.2. The Bertz CT molecular complexity index is 396. The number of aromatic nitrogens is 2. The molecule has 1 aromatic heterocycles. The molecular weight excluding hydrogens is 244 g/mol. The predicted octanol–water partition coefficient (Wildman–Crippen LogP) is 1.71. The van der Waals surface area contributed by atoms with Gasteiger partial charge in [-0.15, -0.1) is 0 Å². The van der Waals surface area contributed by atoms with E-state index in [1.165, 1.54) is 0 Å². The van der Waals surface area contributed by atoms with Crippen LogP contribution in [0.1, 0.15) is 26.6 Å². The van der Waals surface area contributed by atoms with Crippen molar-refractivity contribution in [3.8, 4) is 5.88 Å². The lowest BCUT2D eigenvalue weighted by atomic mass is 10.2. The van der Waals surface area contributed by atoms with E-state index in [1.54, 1.807) is 7.11 Å². The summed E-state index contributed by atoms with van der Waals surface area (Å²) in [6.45, 7) is 7.98. The lowest BCUT2D eigenvalue weighted by molar-refractivity contribution is 0.144. The molecule has 0 aliphatic rings. The molecule has 19 heavy (non-hydrogen) atoms. The maximum atomic E-state index is 6.02. The van der Waals surface area contributed by atoms with Gasteiger partial charge < -0.3 is 20.5 Å². The molecule has 6 nitrogen and oxygen atoms in total. The first kappa shape index (κ1) is 15.5. The normalized spacial score (nSPS) is 10.8. The topological polar surface area (TPSA) is 82.3 Å². The van der Waals surface area contributed by atoms with Gasteiger partial charge in [0.05, 0.1) is 6.61 Å². The molecule has 0 bridgehead atoms. The van der Waals surface area contributed by atoms with Crippen LogP contribution in [0.4, 0.5) is 11.5 Å². The molecule has 0 saturated heterocycles. The van der Waals surface area contributed by atoms with Gasteiger partial charge >= 0.3 is 0 Å². The van der Waals surface area contributed by atoms with Crippen LogP contribution in [0.5, 0.6) is 5.88 Å². The average molecular weight is 268 g/mol. The maximum Gasteiger partial charge on any atom is 0.242 e. The lowest BCUT2D eigenvalue weighted by Crippen LogP contribution is -2.15. The van der Waals surface area contributed by atoms with Gasteiger partial charge in [0.25, 0.3) is 0 Å². The molecule has 1 rings (SSSR count). The first-order valence-corrected chi connectivity index (χ1v) is 6.60. The third-order valence-corrected chi connectivity index (χ3v) is 2.48. The Hall–Kier alpha value is -1.56. The van der Waals surface area contributed by atoms with E-state index >= 15 is 0 Å². The van der Waals surface area contributed by atoms with E-state index in [1.807, 2.05) is 6.92 Å². The molecule has 0 aromatic carbocycles. The van der Waals surface area contributed by atoms with Gasteiger partial charge in [-0.3, -0.25) is 0 Å². The first-order valence-electron chi connectivity index (χ1n) is 6.60. The zero-order valence-electron chi connectivity index (χ0n) is 12.2. The van der Waals surface area contributed by atoms with Crippen molar-refractivity contribution < 1.29 is 9.47 Å². The number of hydrogen-bond donors (Lipinski definition) is 2. The highest BCUT2D eigenvalue weighted by Gasteiger charge is 2.12. The van der Waals surface area contributed by atoms with Crippen molar-refractivity contribution >= 4 is 11.5 Å². The van der Waals surface area contributed by atoms with E-state index < -0.39 is 0 Å². The fraction of sp³-hybridized carbons (Fsp3) is 0.692. The van der Waals surface area contributed by atoms with Crippen LogP contribution in [0.3, 0.4) is 0 Å². The molecule has 0 aliphatic carbocycles. The molecule has 0 saturated carbocycles. The average Bonchev–Trinajstić information content (AvgIpc) is 2.39. The van der Waals surface area contributed by atoms with Crippen LogP contribution in [-0.2, 0) is 11.2 Å². The highest BCUT2D eigenvalue weighted by Crippen LogP contribution is 2.26. The van der Waals surface area contributed by atoms with Crippen molar-refractivity contribution in [2.75, 3.05) is 37.9 Å². The Morgan fingerprint density at radius 1 is 1.26 bits per heavy atom. The second kappa shape index (κ2) is 7.78. The number of hydrogen-bond acceptors (Lipinski definition) is 6. The quantitative estimate of drug-likeness (QED) is 0.698. The van der Waals surface area contributed by atoms with Crippen LogP contribution in [0.15, 0.2) is 0 Å². The van der Waals surface area contributed by atoms with Gasteiger partial charge in [-0.25, -0.2) is 4.98 Å². The zero-order chi connectivity index (χ0) is 14.3. The molecule has 0 fully saturated rings. The van der Waals surface area contributed by atoms with Crippen LogP contribution in [-0.4, -0.2) is 36.8 Å². The minimum Gasteiger partial charge on any atom is -0.474 e. The van der Waals surface area contributed by atoms with E-state index in [9.17, 15) is 0 Å². The van der Waals surface area contributed by atoms with Gasteiger partial charge in [0.1, 0.15) is 18.1 Å².